The second kappa shape index (κ2) is 8.63. The molecule has 6 nitrogen and oxygen atoms in total. The molecular weight excluding hydrogens is 364 g/mol. The van der Waals surface area contributed by atoms with Gasteiger partial charge in [-0.15, -0.1) is 0 Å². The second-order valence-electron chi connectivity index (χ2n) is 4.23. The number of anilines is 1. The van der Waals surface area contributed by atoms with Crippen LogP contribution >= 0.6 is 27.5 Å². The fourth-order valence-corrected chi connectivity index (χ4v) is 1.98. The van der Waals surface area contributed by atoms with E-state index in [4.69, 9.17) is 16.7 Å². The van der Waals surface area contributed by atoms with Crippen LogP contribution in [0.4, 0.5) is 10.5 Å². The SMILES string of the molecule is O=C(O)CCCCC(=O)NC(=O)Nc1ccc(Cl)c(Br)c1. The van der Waals surface area contributed by atoms with Crippen molar-refractivity contribution < 1.29 is 19.5 Å². The van der Waals surface area contributed by atoms with Crippen molar-refractivity contribution in [3.8, 4) is 0 Å². The van der Waals surface area contributed by atoms with Crippen LogP contribution in [0, 0.1) is 0 Å². The van der Waals surface area contributed by atoms with E-state index in [1.807, 2.05) is 0 Å². The maximum Gasteiger partial charge on any atom is 0.325 e. The number of carboxylic acids is 1. The summed E-state index contributed by atoms with van der Waals surface area (Å²) in [6.45, 7) is 0. The van der Waals surface area contributed by atoms with Crippen LogP contribution in [0.15, 0.2) is 22.7 Å². The monoisotopic (exact) mass is 376 g/mol. The zero-order valence-corrected chi connectivity index (χ0v) is 13.3. The lowest BCUT2D eigenvalue weighted by molar-refractivity contribution is -0.137. The summed E-state index contributed by atoms with van der Waals surface area (Å²) < 4.78 is 0.627. The molecule has 1 aromatic carbocycles. The van der Waals surface area contributed by atoms with Gasteiger partial charge in [-0.25, -0.2) is 4.79 Å². The van der Waals surface area contributed by atoms with Crippen molar-refractivity contribution in [3.05, 3.63) is 27.7 Å². The lowest BCUT2D eigenvalue weighted by Gasteiger charge is -2.07. The number of carbonyl (C=O) groups is 3. The summed E-state index contributed by atoms with van der Waals surface area (Å²) in [4.78, 5) is 33.3. The summed E-state index contributed by atoms with van der Waals surface area (Å²) in [5.41, 5.74) is 0.488. The summed E-state index contributed by atoms with van der Waals surface area (Å²) in [5.74, 6) is -1.35. The Kier molecular flexibility index (Phi) is 7.18. The third-order valence-electron chi connectivity index (χ3n) is 2.47. The van der Waals surface area contributed by atoms with Crippen LogP contribution in [0.1, 0.15) is 25.7 Å². The number of hydrogen-bond donors (Lipinski definition) is 3. The van der Waals surface area contributed by atoms with Crippen LogP contribution in [-0.4, -0.2) is 23.0 Å². The Morgan fingerprint density at radius 1 is 1.19 bits per heavy atom. The molecule has 0 aliphatic rings. The molecular formula is C13H14BrClN2O4. The Hall–Kier alpha value is -1.60. The highest BCUT2D eigenvalue weighted by Crippen LogP contribution is 2.25. The molecule has 3 amide bonds. The molecule has 0 aliphatic heterocycles. The molecule has 21 heavy (non-hydrogen) atoms. The largest absolute Gasteiger partial charge is 0.481 e. The lowest BCUT2D eigenvalue weighted by Crippen LogP contribution is -2.34. The van der Waals surface area contributed by atoms with Gasteiger partial charge in [-0.05, 0) is 47.0 Å². The highest BCUT2D eigenvalue weighted by molar-refractivity contribution is 9.10. The van der Waals surface area contributed by atoms with E-state index < -0.39 is 17.9 Å². The number of imide groups is 1. The number of amides is 3. The topological polar surface area (TPSA) is 95.5 Å². The van der Waals surface area contributed by atoms with Crippen molar-refractivity contribution >= 4 is 51.1 Å². The molecule has 114 valence electrons. The van der Waals surface area contributed by atoms with Gasteiger partial charge < -0.3 is 10.4 Å². The molecule has 0 spiro atoms. The number of hydrogen-bond acceptors (Lipinski definition) is 3. The molecule has 0 aromatic heterocycles. The van der Waals surface area contributed by atoms with Gasteiger partial charge in [-0.2, -0.15) is 0 Å². The van der Waals surface area contributed by atoms with Crippen LogP contribution in [0.5, 0.6) is 0 Å². The molecule has 0 saturated heterocycles. The van der Waals surface area contributed by atoms with Gasteiger partial charge >= 0.3 is 12.0 Å². The molecule has 0 saturated carbocycles. The summed E-state index contributed by atoms with van der Waals surface area (Å²) in [7, 11) is 0. The standard InChI is InChI=1S/C13H14BrClN2O4/c14-9-7-8(5-6-10(9)15)16-13(21)17-11(18)3-1-2-4-12(19)20/h5-7H,1-4H2,(H,19,20)(H2,16,17,18,21). The van der Waals surface area contributed by atoms with Gasteiger partial charge in [0.25, 0.3) is 0 Å². The predicted octanol–water partition coefficient (Wildman–Crippen LogP) is 3.40. The normalized spacial score (nSPS) is 10.0. The molecule has 0 unspecified atom stereocenters. The summed E-state index contributed by atoms with van der Waals surface area (Å²) >= 11 is 9.05. The maximum absolute atomic E-state index is 11.6. The van der Waals surface area contributed by atoms with Crippen LogP contribution in [0.3, 0.4) is 0 Å². The number of urea groups is 1. The fourth-order valence-electron chi connectivity index (χ4n) is 1.49. The fraction of sp³-hybridized carbons (Fsp3) is 0.308. The van der Waals surface area contributed by atoms with Gasteiger partial charge in [0.1, 0.15) is 0 Å². The van der Waals surface area contributed by atoms with Crippen molar-refractivity contribution in [2.24, 2.45) is 0 Å². The van der Waals surface area contributed by atoms with E-state index in [0.29, 0.717) is 28.0 Å². The van der Waals surface area contributed by atoms with E-state index in [1.165, 1.54) is 0 Å². The molecule has 0 atom stereocenters. The molecule has 0 bridgehead atoms. The predicted molar refractivity (Wildman–Crippen MR) is 82.4 cm³/mol. The Balaban J connectivity index is 2.34. The van der Waals surface area contributed by atoms with E-state index in [9.17, 15) is 14.4 Å². The zero-order valence-electron chi connectivity index (χ0n) is 11.0. The highest BCUT2D eigenvalue weighted by Gasteiger charge is 2.09. The van der Waals surface area contributed by atoms with E-state index in [1.54, 1.807) is 18.2 Å². The molecule has 0 radical (unpaired) electrons. The number of unbranched alkanes of at least 4 members (excludes halogenated alkanes) is 1. The number of carboxylic acid groups (broad SMARTS) is 1. The number of nitrogens with one attached hydrogen (secondary N) is 2. The number of halogens is 2. The van der Waals surface area contributed by atoms with Crippen molar-refractivity contribution in [2.75, 3.05) is 5.32 Å². The van der Waals surface area contributed by atoms with Crippen molar-refractivity contribution in [3.63, 3.8) is 0 Å². The average molecular weight is 378 g/mol. The summed E-state index contributed by atoms with van der Waals surface area (Å²) in [6.07, 6.45) is 0.926. The van der Waals surface area contributed by atoms with Crippen LogP contribution in [0.25, 0.3) is 0 Å². The third kappa shape index (κ3) is 7.10. The van der Waals surface area contributed by atoms with Gasteiger partial charge in [0.15, 0.2) is 0 Å². The zero-order chi connectivity index (χ0) is 15.8. The second-order valence-corrected chi connectivity index (χ2v) is 5.49. The van der Waals surface area contributed by atoms with E-state index in [2.05, 4.69) is 26.6 Å². The number of benzene rings is 1. The summed E-state index contributed by atoms with van der Waals surface area (Å²) in [6, 6.07) is 4.17. The van der Waals surface area contributed by atoms with Crippen molar-refractivity contribution in [1.82, 2.24) is 5.32 Å². The Morgan fingerprint density at radius 3 is 2.48 bits per heavy atom. The third-order valence-corrected chi connectivity index (χ3v) is 3.69. The quantitative estimate of drug-likeness (QED) is 0.662. The first-order valence-corrected chi connectivity index (χ1v) is 7.33. The first-order chi connectivity index (χ1) is 9.88. The Bertz CT molecular complexity index is 551. The summed E-state index contributed by atoms with van der Waals surface area (Å²) in [5, 5.41) is 13.6. The molecule has 0 fully saturated rings. The number of carbonyl (C=O) groups excluding carboxylic acids is 2. The van der Waals surface area contributed by atoms with Crippen molar-refractivity contribution in [1.29, 1.82) is 0 Å². The molecule has 0 aliphatic carbocycles. The number of rotatable bonds is 6. The molecule has 8 heteroatoms. The van der Waals surface area contributed by atoms with E-state index in [-0.39, 0.29) is 12.8 Å². The molecule has 1 aromatic rings. The molecule has 0 heterocycles. The molecule has 1 rings (SSSR count). The smallest absolute Gasteiger partial charge is 0.325 e. The van der Waals surface area contributed by atoms with Gasteiger partial charge in [0.2, 0.25) is 5.91 Å². The van der Waals surface area contributed by atoms with Crippen molar-refractivity contribution in [2.45, 2.75) is 25.7 Å². The maximum atomic E-state index is 11.6. The highest BCUT2D eigenvalue weighted by atomic mass is 79.9. The minimum Gasteiger partial charge on any atom is -0.481 e. The van der Waals surface area contributed by atoms with Crippen LogP contribution in [-0.2, 0) is 9.59 Å². The van der Waals surface area contributed by atoms with E-state index >= 15 is 0 Å². The lowest BCUT2D eigenvalue weighted by atomic mass is 10.2. The van der Waals surface area contributed by atoms with Gasteiger partial charge in [-0.3, -0.25) is 14.9 Å². The Labute approximate surface area is 135 Å². The Morgan fingerprint density at radius 2 is 1.86 bits per heavy atom. The first kappa shape index (κ1) is 17.5. The average Bonchev–Trinajstić information content (AvgIpc) is 2.38. The van der Waals surface area contributed by atoms with Gasteiger partial charge in [0, 0.05) is 23.0 Å². The van der Waals surface area contributed by atoms with Crippen LogP contribution < -0.4 is 10.6 Å². The van der Waals surface area contributed by atoms with Crippen LogP contribution in [0.2, 0.25) is 5.02 Å². The van der Waals surface area contributed by atoms with Gasteiger partial charge in [0.05, 0.1) is 5.02 Å². The number of aliphatic carboxylic acids is 1. The van der Waals surface area contributed by atoms with Gasteiger partial charge in [-0.1, -0.05) is 11.6 Å². The molecule has 3 N–H and O–H groups in total. The minimum atomic E-state index is -0.901. The van der Waals surface area contributed by atoms with E-state index in [0.717, 1.165) is 0 Å². The first-order valence-electron chi connectivity index (χ1n) is 6.16. The minimum absolute atomic E-state index is 0.0122.